The van der Waals surface area contributed by atoms with Crippen LogP contribution in [-0.4, -0.2) is 30.1 Å². The fourth-order valence-electron chi connectivity index (χ4n) is 2.33. The van der Waals surface area contributed by atoms with Crippen LogP contribution in [0.15, 0.2) is 30.3 Å². The summed E-state index contributed by atoms with van der Waals surface area (Å²) in [5.41, 5.74) is 0.988. The lowest BCUT2D eigenvalue weighted by atomic mass is 10.0. The number of benzene rings is 1. The largest absolute Gasteiger partial charge is 0.465 e. The topological polar surface area (TPSA) is 55.8 Å². The van der Waals surface area contributed by atoms with Crippen LogP contribution in [0.2, 0.25) is 0 Å². The molecule has 0 radical (unpaired) electrons. The Bertz CT molecular complexity index is 474. The summed E-state index contributed by atoms with van der Waals surface area (Å²) in [6.07, 6.45) is 2.18. The van der Waals surface area contributed by atoms with Gasteiger partial charge in [-0.2, -0.15) is 0 Å². The van der Waals surface area contributed by atoms with Crippen LogP contribution < -0.4 is 0 Å². The van der Waals surface area contributed by atoms with Crippen molar-refractivity contribution in [1.29, 1.82) is 0 Å². The number of hydrogen-bond donors (Lipinski definition) is 0. The number of rotatable bonds is 5. The van der Waals surface area contributed by atoms with Crippen molar-refractivity contribution in [1.82, 2.24) is 5.06 Å². The standard InChI is InChI=1S/C16H21NO4/c1-2-20-16(19)14-10-6-7-11-17(15(14)18)21-12-13-8-4-3-5-9-13/h3-5,8-9,14H,2,6-7,10-12H2,1H3. The molecule has 5 nitrogen and oxygen atoms in total. The molecule has 1 amide bonds. The minimum absolute atomic E-state index is 0.285. The predicted molar refractivity (Wildman–Crippen MR) is 76.9 cm³/mol. The molecule has 0 aliphatic carbocycles. The molecule has 1 unspecified atom stereocenters. The van der Waals surface area contributed by atoms with Gasteiger partial charge in [-0.25, -0.2) is 5.06 Å². The van der Waals surface area contributed by atoms with E-state index in [1.165, 1.54) is 5.06 Å². The molecule has 114 valence electrons. The van der Waals surface area contributed by atoms with Crippen molar-refractivity contribution in [3.05, 3.63) is 35.9 Å². The molecule has 1 aromatic rings. The summed E-state index contributed by atoms with van der Waals surface area (Å²) in [5, 5.41) is 1.32. The number of carbonyl (C=O) groups excluding carboxylic acids is 2. The first-order valence-corrected chi connectivity index (χ1v) is 7.37. The Labute approximate surface area is 124 Å². The van der Waals surface area contributed by atoms with Gasteiger partial charge in [-0.15, -0.1) is 0 Å². The molecule has 1 fully saturated rings. The van der Waals surface area contributed by atoms with Crippen molar-refractivity contribution in [3.8, 4) is 0 Å². The molecule has 0 bridgehead atoms. The SMILES string of the molecule is CCOC(=O)C1CCCCN(OCc2ccccc2)C1=O. The first-order valence-electron chi connectivity index (χ1n) is 7.37. The van der Waals surface area contributed by atoms with Gasteiger partial charge in [0.25, 0.3) is 5.91 Å². The number of hydrogen-bond acceptors (Lipinski definition) is 4. The number of carbonyl (C=O) groups is 2. The van der Waals surface area contributed by atoms with E-state index < -0.39 is 11.9 Å². The summed E-state index contributed by atoms with van der Waals surface area (Å²) in [6, 6.07) is 9.64. The molecular formula is C16H21NO4. The Kier molecular flexibility index (Phi) is 5.75. The number of esters is 1. The van der Waals surface area contributed by atoms with Gasteiger partial charge < -0.3 is 4.74 Å². The van der Waals surface area contributed by atoms with Crippen LogP contribution in [-0.2, 0) is 25.8 Å². The van der Waals surface area contributed by atoms with E-state index in [0.29, 0.717) is 19.6 Å². The van der Waals surface area contributed by atoms with E-state index in [-0.39, 0.29) is 12.5 Å². The van der Waals surface area contributed by atoms with Crippen molar-refractivity contribution in [2.75, 3.05) is 13.2 Å². The zero-order chi connectivity index (χ0) is 15.1. The minimum atomic E-state index is -0.733. The van der Waals surface area contributed by atoms with E-state index in [1.54, 1.807) is 6.92 Å². The van der Waals surface area contributed by atoms with E-state index in [4.69, 9.17) is 9.57 Å². The third-order valence-corrected chi connectivity index (χ3v) is 3.45. The lowest BCUT2D eigenvalue weighted by molar-refractivity contribution is -0.196. The van der Waals surface area contributed by atoms with Gasteiger partial charge in [-0.05, 0) is 25.3 Å². The van der Waals surface area contributed by atoms with Gasteiger partial charge in [-0.3, -0.25) is 14.4 Å². The van der Waals surface area contributed by atoms with Gasteiger partial charge in [0.15, 0.2) is 0 Å². The maximum atomic E-state index is 12.4. The van der Waals surface area contributed by atoms with E-state index in [1.807, 2.05) is 30.3 Å². The molecule has 0 spiro atoms. The number of hydroxylamine groups is 2. The van der Waals surface area contributed by atoms with Gasteiger partial charge in [0, 0.05) is 6.54 Å². The molecule has 0 N–H and O–H groups in total. The fraction of sp³-hybridized carbons (Fsp3) is 0.500. The van der Waals surface area contributed by atoms with Crippen LogP contribution in [0, 0.1) is 5.92 Å². The maximum absolute atomic E-state index is 12.4. The normalized spacial score (nSPS) is 19.2. The second kappa shape index (κ2) is 7.78. The van der Waals surface area contributed by atoms with E-state index in [0.717, 1.165) is 18.4 Å². The molecule has 1 aliphatic heterocycles. The lowest BCUT2D eigenvalue weighted by Gasteiger charge is -2.22. The van der Waals surface area contributed by atoms with E-state index in [9.17, 15) is 9.59 Å². The lowest BCUT2D eigenvalue weighted by Crippen LogP contribution is -2.38. The summed E-state index contributed by atoms with van der Waals surface area (Å²) >= 11 is 0. The predicted octanol–water partition coefficient (Wildman–Crippen LogP) is 2.31. The summed E-state index contributed by atoms with van der Waals surface area (Å²) in [7, 11) is 0. The maximum Gasteiger partial charge on any atom is 0.318 e. The Morgan fingerprint density at radius 3 is 2.76 bits per heavy atom. The average molecular weight is 291 g/mol. The Balaban J connectivity index is 1.97. The van der Waals surface area contributed by atoms with Gasteiger partial charge in [0.1, 0.15) is 12.5 Å². The minimum Gasteiger partial charge on any atom is -0.465 e. The zero-order valence-corrected chi connectivity index (χ0v) is 12.3. The molecule has 0 saturated carbocycles. The van der Waals surface area contributed by atoms with Gasteiger partial charge in [0.2, 0.25) is 0 Å². The quantitative estimate of drug-likeness (QED) is 0.617. The number of ether oxygens (including phenoxy) is 1. The molecule has 1 saturated heterocycles. The van der Waals surface area contributed by atoms with Gasteiger partial charge >= 0.3 is 5.97 Å². The molecule has 5 heteroatoms. The first-order chi connectivity index (χ1) is 10.2. The van der Waals surface area contributed by atoms with Crippen LogP contribution >= 0.6 is 0 Å². The highest BCUT2D eigenvalue weighted by Gasteiger charge is 2.34. The van der Waals surface area contributed by atoms with Crippen molar-refractivity contribution in [3.63, 3.8) is 0 Å². The monoisotopic (exact) mass is 291 g/mol. The average Bonchev–Trinajstić information content (AvgIpc) is 2.68. The molecule has 21 heavy (non-hydrogen) atoms. The summed E-state index contributed by atoms with van der Waals surface area (Å²) in [6.45, 7) is 2.86. The third kappa shape index (κ3) is 4.29. The number of amides is 1. The summed E-state index contributed by atoms with van der Waals surface area (Å²) < 4.78 is 4.98. The summed E-state index contributed by atoms with van der Waals surface area (Å²) in [5.74, 6) is -1.47. The molecular weight excluding hydrogens is 270 g/mol. The van der Waals surface area contributed by atoms with E-state index in [2.05, 4.69) is 0 Å². The van der Waals surface area contributed by atoms with E-state index >= 15 is 0 Å². The second-order valence-corrected chi connectivity index (χ2v) is 5.00. The van der Waals surface area contributed by atoms with Crippen LogP contribution in [0.1, 0.15) is 31.7 Å². The Hall–Kier alpha value is -1.88. The smallest absolute Gasteiger partial charge is 0.318 e. The molecule has 1 aromatic carbocycles. The van der Waals surface area contributed by atoms with Gasteiger partial charge in [0.05, 0.1) is 6.61 Å². The van der Waals surface area contributed by atoms with Crippen molar-refractivity contribution in [2.24, 2.45) is 5.92 Å². The fourth-order valence-corrected chi connectivity index (χ4v) is 2.33. The van der Waals surface area contributed by atoms with Crippen molar-refractivity contribution >= 4 is 11.9 Å². The first kappa shape index (κ1) is 15.5. The molecule has 2 rings (SSSR count). The highest BCUT2D eigenvalue weighted by Crippen LogP contribution is 2.20. The van der Waals surface area contributed by atoms with Crippen LogP contribution in [0.5, 0.6) is 0 Å². The Morgan fingerprint density at radius 1 is 1.29 bits per heavy atom. The molecule has 0 aromatic heterocycles. The second-order valence-electron chi connectivity index (χ2n) is 5.00. The molecule has 1 atom stereocenters. The van der Waals surface area contributed by atoms with Crippen molar-refractivity contribution in [2.45, 2.75) is 32.8 Å². The Morgan fingerprint density at radius 2 is 2.05 bits per heavy atom. The van der Waals surface area contributed by atoms with Crippen LogP contribution in [0.25, 0.3) is 0 Å². The highest BCUT2D eigenvalue weighted by atomic mass is 16.7. The third-order valence-electron chi connectivity index (χ3n) is 3.45. The molecule has 1 heterocycles. The molecule has 1 aliphatic rings. The number of nitrogens with zero attached hydrogens (tertiary/aromatic N) is 1. The summed E-state index contributed by atoms with van der Waals surface area (Å²) in [4.78, 5) is 29.8. The van der Waals surface area contributed by atoms with Crippen molar-refractivity contribution < 1.29 is 19.2 Å². The van der Waals surface area contributed by atoms with Crippen LogP contribution in [0.4, 0.5) is 0 Å². The van der Waals surface area contributed by atoms with Crippen LogP contribution in [0.3, 0.4) is 0 Å². The highest BCUT2D eigenvalue weighted by molar-refractivity contribution is 5.97. The zero-order valence-electron chi connectivity index (χ0n) is 12.3. The van der Waals surface area contributed by atoms with Gasteiger partial charge in [-0.1, -0.05) is 36.8 Å².